The van der Waals surface area contributed by atoms with Gasteiger partial charge in [0.25, 0.3) is 0 Å². The van der Waals surface area contributed by atoms with Crippen LogP contribution in [0.2, 0.25) is 0 Å². The van der Waals surface area contributed by atoms with Crippen molar-refractivity contribution < 1.29 is 13.9 Å². The summed E-state index contributed by atoms with van der Waals surface area (Å²) in [5.74, 6) is 0.148. The lowest BCUT2D eigenvalue weighted by Gasteiger charge is -2.08. The van der Waals surface area contributed by atoms with Crippen LogP contribution in [0, 0.1) is 5.82 Å². The minimum absolute atomic E-state index is 0.277. The van der Waals surface area contributed by atoms with Gasteiger partial charge in [0, 0.05) is 6.42 Å². The Morgan fingerprint density at radius 1 is 1.11 bits per heavy atom. The Hall–Kier alpha value is -2.36. The molecule has 0 aliphatic rings. The van der Waals surface area contributed by atoms with E-state index in [1.807, 2.05) is 12.1 Å². The highest BCUT2D eigenvalue weighted by Gasteiger charge is 2.06. The molecule has 2 N–H and O–H groups in total. The molecule has 2 aromatic rings. The number of rotatable bonds is 3. The first-order valence-corrected chi connectivity index (χ1v) is 5.45. The number of nitrogens with two attached hydrogens (primary N) is 1. The molecule has 0 aromatic heterocycles. The molecule has 0 atom stereocenters. The molecular formula is C14H12FNO2. The number of benzene rings is 2. The number of hydrogen-bond acceptors (Lipinski definition) is 2. The summed E-state index contributed by atoms with van der Waals surface area (Å²) >= 11 is 0. The van der Waals surface area contributed by atoms with Gasteiger partial charge in [0.05, 0.1) is 0 Å². The van der Waals surface area contributed by atoms with Gasteiger partial charge in [0.2, 0.25) is 0 Å². The van der Waals surface area contributed by atoms with Crippen LogP contribution in [0.4, 0.5) is 9.18 Å². The molecule has 0 saturated carbocycles. The molecule has 2 rings (SSSR count). The number of primary amides is 1. The Balaban J connectivity index is 2.23. The summed E-state index contributed by atoms with van der Waals surface area (Å²) in [6, 6.07) is 13.3. The average Bonchev–Trinajstić information content (AvgIpc) is 2.34. The van der Waals surface area contributed by atoms with Crippen molar-refractivity contribution in [2.45, 2.75) is 6.42 Å². The first-order valence-electron chi connectivity index (χ1n) is 5.45. The molecule has 0 fully saturated rings. The topological polar surface area (TPSA) is 52.3 Å². The van der Waals surface area contributed by atoms with Gasteiger partial charge in [-0.25, -0.2) is 9.18 Å². The van der Waals surface area contributed by atoms with Crippen molar-refractivity contribution in [1.82, 2.24) is 0 Å². The van der Waals surface area contributed by atoms with E-state index in [4.69, 9.17) is 10.5 Å². The Labute approximate surface area is 104 Å². The summed E-state index contributed by atoms with van der Waals surface area (Å²) in [4.78, 5) is 10.8. The summed E-state index contributed by atoms with van der Waals surface area (Å²) in [5.41, 5.74) is 6.75. The Bertz CT molecular complexity index is 552. The number of hydrogen-bond donors (Lipinski definition) is 1. The summed E-state index contributed by atoms with van der Waals surface area (Å²) in [5, 5.41) is 0. The van der Waals surface area contributed by atoms with Gasteiger partial charge < -0.3 is 10.5 Å². The number of ether oxygens (including phenoxy) is 1. The molecule has 3 nitrogen and oxygen atoms in total. The van der Waals surface area contributed by atoms with Gasteiger partial charge >= 0.3 is 6.09 Å². The molecule has 0 spiro atoms. The third kappa shape index (κ3) is 3.07. The van der Waals surface area contributed by atoms with Crippen molar-refractivity contribution in [2.75, 3.05) is 0 Å². The molecule has 0 aliphatic carbocycles. The molecule has 92 valence electrons. The lowest BCUT2D eigenvalue weighted by atomic mass is 10.0. The fraction of sp³-hybridized carbons (Fsp3) is 0.0714. The van der Waals surface area contributed by atoms with Crippen molar-refractivity contribution in [1.29, 1.82) is 0 Å². The van der Waals surface area contributed by atoms with Crippen LogP contribution in [-0.2, 0) is 6.42 Å². The second-order valence-corrected chi connectivity index (χ2v) is 3.83. The van der Waals surface area contributed by atoms with Gasteiger partial charge in [-0.05, 0) is 29.3 Å². The molecule has 0 radical (unpaired) electrons. The van der Waals surface area contributed by atoms with Crippen molar-refractivity contribution in [3.63, 3.8) is 0 Å². The monoisotopic (exact) mass is 245 g/mol. The maximum Gasteiger partial charge on any atom is 0.409 e. The number of carbonyl (C=O) groups is 1. The van der Waals surface area contributed by atoms with E-state index >= 15 is 0 Å². The van der Waals surface area contributed by atoms with Gasteiger partial charge in [0.15, 0.2) is 0 Å². The van der Waals surface area contributed by atoms with Crippen LogP contribution in [-0.4, -0.2) is 6.09 Å². The summed E-state index contributed by atoms with van der Waals surface area (Å²) in [7, 11) is 0. The number of para-hydroxylation sites is 1. The molecule has 0 bridgehead atoms. The van der Waals surface area contributed by atoms with E-state index in [0.29, 0.717) is 12.2 Å². The van der Waals surface area contributed by atoms with Gasteiger partial charge in [-0.2, -0.15) is 0 Å². The van der Waals surface area contributed by atoms with E-state index in [-0.39, 0.29) is 5.82 Å². The first-order chi connectivity index (χ1) is 8.65. The van der Waals surface area contributed by atoms with Crippen molar-refractivity contribution in [3.8, 4) is 5.75 Å². The Kier molecular flexibility index (Phi) is 3.57. The second kappa shape index (κ2) is 5.31. The fourth-order valence-corrected chi connectivity index (χ4v) is 1.68. The van der Waals surface area contributed by atoms with Crippen molar-refractivity contribution in [3.05, 3.63) is 65.5 Å². The minimum Gasteiger partial charge on any atom is -0.410 e. The number of amides is 1. The normalized spacial score (nSPS) is 10.1. The fourth-order valence-electron chi connectivity index (χ4n) is 1.68. The standard InChI is InChI=1S/C14H12FNO2/c15-12-7-5-10(6-8-12)9-11-3-1-2-4-13(11)18-14(16)17/h1-8H,9H2,(H2,16,17). The van der Waals surface area contributed by atoms with Crippen LogP contribution in [0.25, 0.3) is 0 Å². The smallest absolute Gasteiger partial charge is 0.409 e. The van der Waals surface area contributed by atoms with E-state index in [1.165, 1.54) is 12.1 Å². The van der Waals surface area contributed by atoms with E-state index in [1.54, 1.807) is 24.3 Å². The van der Waals surface area contributed by atoms with Crippen LogP contribution in [0.3, 0.4) is 0 Å². The summed E-state index contributed by atoms with van der Waals surface area (Å²) in [6.45, 7) is 0. The zero-order valence-corrected chi connectivity index (χ0v) is 9.60. The summed E-state index contributed by atoms with van der Waals surface area (Å²) in [6.07, 6.45) is -0.300. The molecule has 1 amide bonds. The molecule has 0 unspecified atom stereocenters. The van der Waals surface area contributed by atoms with Crippen LogP contribution < -0.4 is 10.5 Å². The Morgan fingerprint density at radius 3 is 2.44 bits per heavy atom. The van der Waals surface area contributed by atoms with Crippen molar-refractivity contribution >= 4 is 6.09 Å². The van der Waals surface area contributed by atoms with E-state index < -0.39 is 6.09 Å². The quantitative estimate of drug-likeness (QED) is 0.903. The van der Waals surface area contributed by atoms with Gasteiger partial charge in [0.1, 0.15) is 11.6 Å². The van der Waals surface area contributed by atoms with Gasteiger partial charge in [-0.1, -0.05) is 30.3 Å². The largest absolute Gasteiger partial charge is 0.410 e. The van der Waals surface area contributed by atoms with Gasteiger partial charge in [-0.3, -0.25) is 0 Å². The minimum atomic E-state index is -0.846. The van der Waals surface area contributed by atoms with Crippen LogP contribution >= 0.6 is 0 Å². The molecule has 0 saturated heterocycles. The number of halogens is 1. The zero-order valence-electron chi connectivity index (χ0n) is 9.60. The molecule has 0 heterocycles. The van der Waals surface area contributed by atoms with E-state index in [9.17, 15) is 9.18 Å². The SMILES string of the molecule is NC(=O)Oc1ccccc1Cc1ccc(F)cc1. The predicted octanol–water partition coefficient (Wildman–Crippen LogP) is 2.87. The van der Waals surface area contributed by atoms with E-state index in [2.05, 4.69) is 0 Å². The average molecular weight is 245 g/mol. The third-order valence-electron chi connectivity index (χ3n) is 2.49. The number of carbonyl (C=O) groups excluding carboxylic acids is 1. The molecule has 0 aliphatic heterocycles. The predicted molar refractivity (Wildman–Crippen MR) is 65.9 cm³/mol. The third-order valence-corrected chi connectivity index (χ3v) is 2.49. The Morgan fingerprint density at radius 2 is 1.78 bits per heavy atom. The molecule has 2 aromatic carbocycles. The lowest BCUT2D eigenvalue weighted by molar-refractivity contribution is 0.210. The van der Waals surface area contributed by atoms with Gasteiger partial charge in [-0.15, -0.1) is 0 Å². The zero-order chi connectivity index (χ0) is 13.0. The van der Waals surface area contributed by atoms with E-state index in [0.717, 1.165) is 11.1 Å². The highest BCUT2D eigenvalue weighted by atomic mass is 19.1. The highest BCUT2D eigenvalue weighted by molar-refractivity contribution is 5.68. The maximum atomic E-state index is 12.8. The van der Waals surface area contributed by atoms with Crippen LogP contribution in [0.5, 0.6) is 5.75 Å². The second-order valence-electron chi connectivity index (χ2n) is 3.83. The highest BCUT2D eigenvalue weighted by Crippen LogP contribution is 2.21. The molecule has 18 heavy (non-hydrogen) atoms. The maximum absolute atomic E-state index is 12.8. The first kappa shape index (κ1) is 12.1. The molecular weight excluding hydrogens is 233 g/mol. The lowest BCUT2D eigenvalue weighted by Crippen LogP contribution is -2.17. The summed E-state index contributed by atoms with van der Waals surface area (Å²) < 4.78 is 17.7. The van der Waals surface area contributed by atoms with Crippen molar-refractivity contribution in [2.24, 2.45) is 5.73 Å². The molecule has 4 heteroatoms. The van der Waals surface area contributed by atoms with Crippen LogP contribution in [0.1, 0.15) is 11.1 Å². The van der Waals surface area contributed by atoms with Crippen LogP contribution in [0.15, 0.2) is 48.5 Å².